The third-order valence-corrected chi connectivity index (χ3v) is 6.74. The van der Waals surface area contributed by atoms with Gasteiger partial charge in [0.1, 0.15) is 6.61 Å². The number of nitrogens with zero attached hydrogens (tertiary/aromatic N) is 1. The Morgan fingerprint density at radius 3 is 2.50 bits per heavy atom. The minimum atomic E-state index is -0.854. The molecule has 3 rings (SSSR count). The van der Waals surface area contributed by atoms with E-state index < -0.39 is 23.4 Å². The van der Waals surface area contributed by atoms with E-state index in [2.05, 4.69) is 6.07 Å². The fraction of sp³-hybridized carbons (Fsp3) is 0.481. The predicted octanol–water partition coefficient (Wildman–Crippen LogP) is 5.12. The molecule has 0 amide bonds. The fourth-order valence-electron chi connectivity index (χ4n) is 4.60. The Labute approximate surface area is 201 Å². The van der Waals surface area contributed by atoms with Crippen molar-refractivity contribution in [2.24, 2.45) is 17.3 Å². The maximum Gasteiger partial charge on any atom is 0.306 e. The Balaban J connectivity index is 1.70. The zero-order chi connectivity index (χ0) is 24.7. The van der Waals surface area contributed by atoms with Crippen LogP contribution < -0.4 is 18.9 Å². The molecule has 7 nitrogen and oxygen atoms in total. The van der Waals surface area contributed by atoms with E-state index in [-0.39, 0.29) is 12.5 Å². The maximum absolute atomic E-state index is 12.0. The second-order valence-electron chi connectivity index (χ2n) is 8.99. The van der Waals surface area contributed by atoms with Crippen molar-refractivity contribution in [2.75, 3.05) is 20.8 Å². The molecule has 7 heteroatoms. The van der Waals surface area contributed by atoms with Crippen LogP contribution in [-0.2, 0) is 11.2 Å². The van der Waals surface area contributed by atoms with Crippen LogP contribution in [0.3, 0.4) is 0 Å². The Hall–Kier alpha value is -3.40. The van der Waals surface area contributed by atoms with Crippen molar-refractivity contribution in [3.05, 3.63) is 48.0 Å². The molecule has 0 aromatic heterocycles. The first-order valence-electron chi connectivity index (χ1n) is 11.6. The molecule has 0 saturated carbocycles. The number of carboxylic acids is 1. The predicted molar refractivity (Wildman–Crippen MR) is 127 cm³/mol. The first kappa shape index (κ1) is 25.2. The summed E-state index contributed by atoms with van der Waals surface area (Å²) in [5, 5.41) is 20.1. The molecule has 0 aliphatic carbocycles. The molecular weight excluding hydrogens is 434 g/mol. The van der Waals surface area contributed by atoms with Crippen LogP contribution in [0.15, 0.2) is 42.5 Å². The molecular formula is C27H33NO6. The Kier molecular flexibility index (Phi) is 8.27. The highest BCUT2D eigenvalue weighted by Crippen LogP contribution is 2.43. The Morgan fingerprint density at radius 2 is 1.88 bits per heavy atom. The molecule has 0 saturated heterocycles. The third-order valence-electron chi connectivity index (χ3n) is 6.74. The van der Waals surface area contributed by atoms with Gasteiger partial charge in [-0.05, 0) is 55.0 Å². The zero-order valence-corrected chi connectivity index (χ0v) is 20.2. The number of benzene rings is 2. The molecule has 34 heavy (non-hydrogen) atoms. The van der Waals surface area contributed by atoms with Gasteiger partial charge in [0.25, 0.3) is 0 Å². The first-order chi connectivity index (χ1) is 16.3. The molecule has 182 valence electrons. The van der Waals surface area contributed by atoms with Crippen LogP contribution in [0, 0.1) is 28.6 Å². The zero-order valence-electron chi connectivity index (χ0n) is 20.2. The molecule has 0 radical (unpaired) electrons. The number of para-hydroxylation sites is 2. The Bertz CT molecular complexity index is 1030. The van der Waals surface area contributed by atoms with Crippen LogP contribution in [-0.4, -0.2) is 38.0 Å². The van der Waals surface area contributed by atoms with Gasteiger partial charge in [0.2, 0.25) is 0 Å². The molecule has 2 aromatic rings. The van der Waals surface area contributed by atoms with Crippen LogP contribution in [0.25, 0.3) is 0 Å². The SMILES string of the molecule is COc1ccc(CC(CCCC(C#N)(C(C)C)C2COc3ccccc3O2)C(=O)O)cc1OC. The molecule has 1 aliphatic heterocycles. The number of carboxylic acid groups (broad SMARTS) is 1. The third kappa shape index (κ3) is 5.39. The number of methoxy groups -OCH3 is 2. The minimum Gasteiger partial charge on any atom is -0.493 e. The molecule has 1 heterocycles. The number of rotatable bonds is 11. The lowest BCUT2D eigenvalue weighted by Crippen LogP contribution is -2.47. The number of ether oxygens (including phenoxy) is 4. The lowest BCUT2D eigenvalue weighted by Gasteiger charge is -2.40. The van der Waals surface area contributed by atoms with E-state index in [4.69, 9.17) is 18.9 Å². The van der Waals surface area contributed by atoms with E-state index in [1.165, 1.54) is 0 Å². The smallest absolute Gasteiger partial charge is 0.306 e. The van der Waals surface area contributed by atoms with Crippen molar-refractivity contribution in [3.8, 4) is 29.1 Å². The van der Waals surface area contributed by atoms with Crippen molar-refractivity contribution in [2.45, 2.75) is 45.6 Å². The van der Waals surface area contributed by atoms with Gasteiger partial charge in [0.15, 0.2) is 29.1 Å². The lowest BCUT2D eigenvalue weighted by atomic mass is 9.69. The van der Waals surface area contributed by atoms with Crippen molar-refractivity contribution in [3.63, 3.8) is 0 Å². The van der Waals surface area contributed by atoms with Crippen molar-refractivity contribution < 1.29 is 28.8 Å². The monoisotopic (exact) mass is 467 g/mol. The fourth-order valence-corrected chi connectivity index (χ4v) is 4.60. The summed E-state index contributed by atoms with van der Waals surface area (Å²) in [7, 11) is 3.12. The number of hydrogen-bond donors (Lipinski definition) is 1. The summed E-state index contributed by atoms with van der Waals surface area (Å²) < 4.78 is 22.7. The van der Waals surface area contributed by atoms with Gasteiger partial charge >= 0.3 is 5.97 Å². The molecule has 2 aromatic carbocycles. The van der Waals surface area contributed by atoms with Crippen LogP contribution >= 0.6 is 0 Å². The van der Waals surface area contributed by atoms with E-state index in [0.29, 0.717) is 48.7 Å². The number of aliphatic carboxylic acids is 1. The summed E-state index contributed by atoms with van der Waals surface area (Å²) >= 11 is 0. The van der Waals surface area contributed by atoms with Crippen LogP contribution in [0.5, 0.6) is 23.0 Å². The van der Waals surface area contributed by atoms with Gasteiger partial charge in [-0.15, -0.1) is 0 Å². The van der Waals surface area contributed by atoms with E-state index in [9.17, 15) is 15.2 Å². The van der Waals surface area contributed by atoms with Gasteiger partial charge in [-0.25, -0.2) is 0 Å². The van der Waals surface area contributed by atoms with Crippen molar-refractivity contribution in [1.29, 1.82) is 5.26 Å². The van der Waals surface area contributed by atoms with Crippen LogP contribution in [0.4, 0.5) is 0 Å². The van der Waals surface area contributed by atoms with Crippen molar-refractivity contribution >= 4 is 5.97 Å². The highest BCUT2D eigenvalue weighted by molar-refractivity contribution is 5.70. The average molecular weight is 468 g/mol. The second-order valence-corrected chi connectivity index (χ2v) is 8.99. The Morgan fingerprint density at radius 1 is 1.18 bits per heavy atom. The van der Waals surface area contributed by atoms with E-state index >= 15 is 0 Å². The standard InChI is InChI=1S/C27H33NO6/c1-18(2)27(17-28,25-16-33-22-9-5-6-10-23(22)34-25)13-7-8-20(26(29)30)14-19-11-12-21(31-3)24(15-19)32-4/h5-6,9-12,15,18,20,25H,7-8,13-14,16H2,1-4H3,(H,29,30). The van der Waals surface area contributed by atoms with Crippen LogP contribution in [0.1, 0.15) is 38.7 Å². The molecule has 0 fully saturated rings. The summed E-state index contributed by atoms with van der Waals surface area (Å²) in [6, 6.07) is 15.4. The molecule has 0 bridgehead atoms. The highest BCUT2D eigenvalue weighted by Gasteiger charge is 2.46. The molecule has 1 aliphatic rings. The van der Waals surface area contributed by atoms with Gasteiger partial charge in [-0.3, -0.25) is 4.79 Å². The summed E-state index contributed by atoms with van der Waals surface area (Å²) in [4.78, 5) is 12.0. The quantitative estimate of drug-likeness (QED) is 0.489. The molecule has 3 unspecified atom stereocenters. The summed E-state index contributed by atoms with van der Waals surface area (Å²) in [6.07, 6.45) is 1.49. The van der Waals surface area contributed by atoms with Gasteiger partial charge in [0, 0.05) is 0 Å². The minimum absolute atomic E-state index is 0.00508. The highest BCUT2D eigenvalue weighted by atomic mass is 16.6. The maximum atomic E-state index is 12.0. The van der Waals surface area contributed by atoms with E-state index in [1.807, 2.05) is 50.2 Å². The largest absolute Gasteiger partial charge is 0.493 e. The van der Waals surface area contributed by atoms with Gasteiger partial charge in [-0.1, -0.05) is 38.5 Å². The number of carbonyl (C=O) groups is 1. The summed E-state index contributed by atoms with van der Waals surface area (Å²) in [5.74, 6) is 1.06. The van der Waals surface area contributed by atoms with Gasteiger partial charge in [-0.2, -0.15) is 5.26 Å². The van der Waals surface area contributed by atoms with Gasteiger partial charge in [0.05, 0.1) is 31.6 Å². The van der Waals surface area contributed by atoms with Gasteiger partial charge < -0.3 is 24.1 Å². The lowest BCUT2D eigenvalue weighted by molar-refractivity contribution is -0.142. The molecule has 3 atom stereocenters. The topological polar surface area (TPSA) is 98.0 Å². The number of hydrogen-bond acceptors (Lipinski definition) is 6. The number of fused-ring (bicyclic) bond motifs is 1. The summed E-state index contributed by atoms with van der Waals surface area (Å²) in [6.45, 7) is 4.30. The summed E-state index contributed by atoms with van der Waals surface area (Å²) in [5.41, 5.74) is 0.0704. The van der Waals surface area contributed by atoms with E-state index in [1.54, 1.807) is 20.3 Å². The first-order valence-corrected chi connectivity index (χ1v) is 11.6. The van der Waals surface area contributed by atoms with Crippen LogP contribution in [0.2, 0.25) is 0 Å². The second kappa shape index (κ2) is 11.1. The normalized spacial score (nSPS) is 17.4. The molecule has 0 spiro atoms. The molecule has 1 N–H and O–H groups in total. The average Bonchev–Trinajstić information content (AvgIpc) is 2.85. The van der Waals surface area contributed by atoms with E-state index in [0.717, 1.165) is 5.56 Å². The van der Waals surface area contributed by atoms with Crippen molar-refractivity contribution in [1.82, 2.24) is 0 Å². The number of nitriles is 1.